The molecular formula is C24H27BrFNO5S. The van der Waals surface area contributed by atoms with Crippen LogP contribution >= 0.6 is 15.9 Å². The van der Waals surface area contributed by atoms with Crippen molar-refractivity contribution in [1.29, 1.82) is 0 Å². The Labute approximate surface area is 202 Å². The van der Waals surface area contributed by atoms with Crippen molar-refractivity contribution in [2.75, 3.05) is 17.2 Å². The molecule has 1 atom stereocenters. The predicted molar refractivity (Wildman–Crippen MR) is 129 cm³/mol. The Morgan fingerprint density at radius 1 is 1.27 bits per heavy atom. The minimum atomic E-state index is -3.74. The Kier molecular flexibility index (Phi) is 7.84. The first-order chi connectivity index (χ1) is 15.6. The van der Waals surface area contributed by atoms with Gasteiger partial charge in [0.15, 0.2) is 9.84 Å². The molecule has 9 heteroatoms. The smallest absolute Gasteiger partial charge is 0.368 e. The van der Waals surface area contributed by atoms with Crippen LogP contribution in [0.15, 0.2) is 63.9 Å². The molecule has 0 aliphatic carbocycles. The van der Waals surface area contributed by atoms with E-state index in [2.05, 4.69) is 22.9 Å². The van der Waals surface area contributed by atoms with E-state index >= 15 is 0 Å². The highest BCUT2D eigenvalue weighted by atomic mass is 79.9. The topological polar surface area (TPSA) is 83.9 Å². The van der Waals surface area contributed by atoms with Crippen LogP contribution in [0, 0.1) is 5.41 Å². The van der Waals surface area contributed by atoms with E-state index < -0.39 is 27.0 Å². The molecule has 1 aliphatic heterocycles. The van der Waals surface area contributed by atoms with Crippen LogP contribution in [0.1, 0.15) is 39.5 Å². The van der Waals surface area contributed by atoms with Gasteiger partial charge in [-0.2, -0.15) is 4.39 Å². The van der Waals surface area contributed by atoms with Crippen LogP contribution in [0.2, 0.25) is 0 Å². The Bertz CT molecular complexity index is 1150. The van der Waals surface area contributed by atoms with Crippen molar-refractivity contribution in [2.24, 2.45) is 5.41 Å². The van der Waals surface area contributed by atoms with Gasteiger partial charge in [0.25, 0.3) is 0 Å². The molecular weight excluding hydrogens is 513 g/mol. The zero-order valence-corrected chi connectivity index (χ0v) is 21.0. The second kappa shape index (κ2) is 10.3. The molecule has 1 heterocycles. The summed E-state index contributed by atoms with van der Waals surface area (Å²) < 4.78 is 46.3. The van der Waals surface area contributed by atoms with Gasteiger partial charge >= 0.3 is 5.97 Å². The van der Waals surface area contributed by atoms with E-state index in [1.165, 1.54) is 6.07 Å². The molecule has 0 saturated heterocycles. The number of para-hydroxylation sites is 1. The van der Waals surface area contributed by atoms with E-state index in [4.69, 9.17) is 9.84 Å². The third kappa shape index (κ3) is 5.58. The molecule has 33 heavy (non-hydrogen) atoms. The number of carboxylic acids is 1. The fourth-order valence-electron chi connectivity index (χ4n) is 4.12. The summed E-state index contributed by atoms with van der Waals surface area (Å²) in [6.07, 6.45) is 3.80. The monoisotopic (exact) mass is 539 g/mol. The summed E-state index contributed by atoms with van der Waals surface area (Å²) in [6.45, 7) is 4.64. The van der Waals surface area contributed by atoms with Crippen LogP contribution in [0.5, 0.6) is 5.75 Å². The molecule has 0 bridgehead atoms. The van der Waals surface area contributed by atoms with Gasteiger partial charge in [-0.3, -0.25) is 0 Å². The number of rotatable bonds is 8. The summed E-state index contributed by atoms with van der Waals surface area (Å²) >= 11 is 3.37. The van der Waals surface area contributed by atoms with E-state index in [0.717, 1.165) is 24.9 Å². The van der Waals surface area contributed by atoms with Crippen LogP contribution in [-0.2, 0) is 14.6 Å². The molecule has 0 amide bonds. The molecule has 0 fully saturated rings. The maximum atomic E-state index is 13.6. The number of sulfone groups is 1. The number of halogens is 2. The number of carboxylic acid groups (broad SMARTS) is 1. The molecule has 0 radical (unpaired) electrons. The molecule has 1 aliphatic rings. The molecule has 1 unspecified atom stereocenters. The number of benzene rings is 2. The average Bonchev–Trinajstić information content (AvgIpc) is 2.88. The first-order valence-electron chi connectivity index (χ1n) is 10.8. The van der Waals surface area contributed by atoms with Crippen LogP contribution < -0.4 is 9.64 Å². The van der Waals surface area contributed by atoms with Crippen LogP contribution in [0.25, 0.3) is 0 Å². The Hall–Kier alpha value is -2.39. The normalized spacial score (nSPS) is 20.1. The highest BCUT2D eigenvalue weighted by Gasteiger charge is 2.41. The van der Waals surface area contributed by atoms with Gasteiger partial charge < -0.3 is 14.7 Å². The Morgan fingerprint density at radius 3 is 2.58 bits per heavy atom. The van der Waals surface area contributed by atoms with Gasteiger partial charge in [-0.25, -0.2) is 13.2 Å². The first kappa shape index (κ1) is 25.2. The van der Waals surface area contributed by atoms with Gasteiger partial charge in [0, 0.05) is 23.7 Å². The van der Waals surface area contributed by atoms with E-state index in [-0.39, 0.29) is 16.4 Å². The van der Waals surface area contributed by atoms with Crippen molar-refractivity contribution < 1.29 is 27.4 Å². The number of fused-ring (bicyclic) bond motifs is 1. The van der Waals surface area contributed by atoms with Gasteiger partial charge in [0.05, 0.1) is 20.8 Å². The van der Waals surface area contributed by atoms with Crippen molar-refractivity contribution in [1.82, 2.24) is 0 Å². The second-order valence-corrected chi connectivity index (χ2v) is 11.1. The van der Waals surface area contributed by atoms with Crippen molar-refractivity contribution in [3.05, 3.63) is 59.0 Å². The second-order valence-electron chi connectivity index (χ2n) is 8.28. The highest BCUT2D eigenvalue weighted by Crippen LogP contribution is 2.46. The van der Waals surface area contributed by atoms with Crippen LogP contribution in [0.3, 0.4) is 0 Å². The summed E-state index contributed by atoms with van der Waals surface area (Å²) in [5, 5.41) is 8.72. The van der Waals surface area contributed by atoms with Crippen molar-refractivity contribution >= 4 is 43.1 Å². The summed E-state index contributed by atoms with van der Waals surface area (Å²) in [5.41, 5.74) is 0.907. The zero-order chi connectivity index (χ0) is 24.2. The van der Waals surface area contributed by atoms with E-state index in [1.54, 1.807) is 6.07 Å². The number of hydrogen-bond donors (Lipinski definition) is 1. The Balaban J connectivity index is 2.20. The molecule has 6 nitrogen and oxygen atoms in total. The molecule has 178 valence electrons. The number of ether oxygens (including phenoxy) is 1. The van der Waals surface area contributed by atoms with Gasteiger partial charge in [0.1, 0.15) is 12.0 Å². The first-order valence-corrected chi connectivity index (χ1v) is 13.2. The third-order valence-corrected chi connectivity index (χ3v) is 8.61. The number of nitrogens with zero attached hydrogens (tertiary/aromatic N) is 1. The van der Waals surface area contributed by atoms with Crippen LogP contribution in [0.4, 0.5) is 15.8 Å². The standard InChI is InChI=1S/C24H27BrFNO5S/c1-3-5-11-24(4-2)15-27(17-9-7-6-8-10-17)20-12-18(25)21(32-14-19(26)23(28)29)13-22(20)33(30,31)16-24/h6-10,12-14H,3-5,11,15-16H2,1-2H3,(H,28,29)/b19-14-. The van der Waals surface area contributed by atoms with Gasteiger partial charge in [-0.15, -0.1) is 0 Å². The van der Waals surface area contributed by atoms with Crippen LogP contribution in [-0.4, -0.2) is 31.8 Å². The fourth-order valence-corrected chi connectivity index (χ4v) is 6.72. The summed E-state index contributed by atoms with van der Waals surface area (Å²) in [7, 11) is -3.74. The largest absolute Gasteiger partial charge is 0.476 e. The van der Waals surface area contributed by atoms with Crippen molar-refractivity contribution in [3.8, 4) is 5.75 Å². The van der Waals surface area contributed by atoms with E-state index in [1.807, 2.05) is 42.2 Å². The third-order valence-electron chi connectivity index (χ3n) is 6.00. The molecule has 0 aromatic heterocycles. The highest BCUT2D eigenvalue weighted by molar-refractivity contribution is 9.10. The van der Waals surface area contributed by atoms with Crippen molar-refractivity contribution in [2.45, 2.75) is 44.4 Å². The molecule has 1 N–H and O–H groups in total. The average molecular weight is 540 g/mol. The minimum Gasteiger partial charge on any atom is -0.476 e. The maximum Gasteiger partial charge on any atom is 0.368 e. The molecule has 0 saturated carbocycles. The minimum absolute atomic E-state index is 0.0132. The molecule has 3 rings (SSSR count). The van der Waals surface area contributed by atoms with Gasteiger partial charge in [0.2, 0.25) is 5.83 Å². The lowest BCUT2D eigenvalue weighted by molar-refractivity contribution is -0.134. The molecule has 2 aromatic rings. The zero-order valence-electron chi connectivity index (χ0n) is 18.6. The number of aliphatic carboxylic acids is 1. The quantitative estimate of drug-likeness (QED) is 0.316. The maximum absolute atomic E-state index is 13.6. The summed E-state index contributed by atoms with van der Waals surface area (Å²) in [6, 6.07) is 12.5. The molecule has 2 aromatic carbocycles. The summed E-state index contributed by atoms with van der Waals surface area (Å²) in [5.74, 6) is -3.27. The van der Waals surface area contributed by atoms with E-state index in [0.29, 0.717) is 29.4 Å². The SMILES string of the molecule is CCCCC1(CC)CN(c2ccccc2)c2cc(Br)c(O/C=C(\F)C(=O)O)cc2S(=O)(=O)C1. The lowest BCUT2D eigenvalue weighted by Crippen LogP contribution is -2.37. The number of hydrogen-bond acceptors (Lipinski definition) is 5. The van der Waals surface area contributed by atoms with Crippen molar-refractivity contribution in [3.63, 3.8) is 0 Å². The fraction of sp³-hybridized carbons (Fsp3) is 0.375. The number of anilines is 2. The van der Waals surface area contributed by atoms with Gasteiger partial charge in [-0.05, 0) is 47.0 Å². The van der Waals surface area contributed by atoms with E-state index in [9.17, 15) is 17.6 Å². The number of unbranched alkanes of at least 4 members (excludes halogenated alkanes) is 1. The Morgan fingerprint density at radius 2 is 1.97 bits per heavy atom. The number of carbonyl (C=O) groups is 1. The summed E-state index contributed by atoms with van der Waals surface area (Å²) in [4.78, 5) is 12.8. The van der Waals surface area contributed by atoms with Gasteiger partial charge in [-0.1, -0.05) is 44.9 Å². The molecule has 0 spiro atoms. The lowest BCUT2D eigenvalue weighted by Gasteiger charge is -2.36. The lowest BCUT2D eigenvalue weighted by atomic mass is 9.81. The predicted octanol–water partition coefficient (Wildman–Crippen LogP) is 6.24.